The van der Waals surface area contributed by atoms with Gasteiger partial charge in [-0.15, -0.1) is 0 Å². The maximum Gasteiger partial charge on any atom is 0.254 e. The molecule has 0 saturated carbocycles. The number of rotatable bonds is 1. The van der Waals surface area contributed by atoms with Crippen LogP contribution >= 0.6 is 0 Å². The van der Waals surface area contributed by atoms with Crippen LogP contribution in [0.3, 0.4) is 0 Å². The van der Waals surface area contributed by atoms with Gasteiger partial charge in [0, 0.05) is 18.5 Å². The Labute approximate surface area is 114 Å². The van der Waals surface area contributed by atoms with Crippen LogP contribution in [0, 0.1) is 0 Å². The number of piperidine rings is 1. The second-order valence-electron chi connectivity index (χ2n) is 6.20. The Kier molecular flexibility index (Phi) is 3.74. The van der Waals surface area contributed by atoms with E-state index in [0.29, 0.717) is 18.5 Å². The third-order valence-electron chi connectivity index (χ3n) is 3.54. The minimum absolute atomic E-state index is 0.0338. The predicted molar refractivity (Wildman–Crippen MR) is 75.3 cm³/mol. The molecule has 1 amide bonds. The maximum absolute atomic E-state index is 12.3. The van der Waals surface area contributed by atoms with Gasteiger partial charge in [0.25, 0.3) is 5.91 Å². The zero-order valence-electron chi connectivity index (χ0n) is 11.9. The van der Waals surface area contributed by atoms with Gasteiger partial charge in [-0.25, -0.2) is 0 Å². The molecule has 1 aromatic rings. The van der Waals surface area contributed by atoms with E-state index in [-0.39, 0.29) is 23.7 Å². The summed E-state index contributed by atoms with van der Waals surface area (Å²) in [4.78, 5) is 25.3. The number of hydrogen-bond donors (Lipinski definition) is 0. The Morgan fingerprint density at radius 2 is 1.79 bits per heavy atom. The lowest BCUT2D eigenvalue weighted by Crippen LogP contribution is -2.40. The van der Waals surface area contributed by atoms with Crippen molar-refractivity contribution in [3.63, 3.8) is 0 Å². The van der Waals surface area contributed by atoms with Crippen LogP contribution in [0.5, 0.6) is 0 Å². The number of carbonyl (C=O) groups excluding carboxylic acids is 2. The van der Waals surface area contributed by atoms with Gasteiger partial charge in [-0.1, -0.05) is 32.9 Å². The Morgan fingerprint density at radius 1 is 1.16 bits per heavy atom. The van der Waals surface area contributed by atoms with Crippen molar-refractivity contribution in [3.05, 3.63) is 35.4 Å². The van der Waals surface area contributed by atoms with Gasteiger partial charge in [0.2, 0.25) is 0 Å². The van der Waals surface area contributed by atoms with Gasteiger partial charge in [-0.3, -0.25) is 9.59 Å². The second kappa shape index (κ2) is 5.16. The van der Waals surface area contributed by atoms with E-state index in [1.165, 1.54) is 5.56 Å². The molecule has 1 fully saturated rings. The van der Waals surface area contributed by atoms with Crippen molar-refractivity contribution in [3.8, 4) is 0 Å². The third-order valence-corrected chi connectivity index (χ3v) is 3.54. The van der Waals surface area contributed by atoms with Crippen LogP contribution < -0.4 is 0 Å². The summed E-state index contributed by atoms with van der Waals surface area (Å²) in [5, 5.41) is 0. The first-order valence-electron chi connectivity index (χ1n) is 6.79. The Bertz CT molecular complexity index is 482. The van der Waals surface area contributed by atoms with E-state index in [1.54, 1.807) is 4.90 Å². The fourth-order valence-corrected chi connectivity index (χ4v) is 2.31. The van der Waals surface area contributed by atoms with E-state index >= 15 is 0 Å². The molecule has 0 unspecified atom stereocenters. The number of hydrogen-bond acceptors (Lipinski definition) is 2. The van der Waals surface area contributed by atoms with Crippen molar-refractivity contribution >= 4 is 11.7 Å². The van der Waals surface area contributed by atoms with Gasteiger partial charge in [-0.2, -0.15) is 0 Å². The molecular formula is C16H21NO2. The van der Waals surface area contributed by atoms with Crippen LogP contribution in [0.15, 0.2) is 24.3 Å². The molecule has 0 spiro atoms. The summed E-state index contributed by atoms with van der Waals surface area (Å²) in [6.45, 7) is 7.39. The number of carbonyl (C=O) groups is 2. The summed E-state index contributed by atoms with van der Waals surface area (Å²) >= 11 is 0. The Hall–Kier alpha value is -1.64. The van der Waals surface area contributed by atoms with Gasteiger partial charge >= 0.3 is 0 Å². The summed E-state index contributed by atoms with van der Waals surface area (Å²) in [6, 6.07) is 7.72. The summed E-state index contributed by atoms with van der Waals surface area (Å²) < 4.78 is 0. The van der Waals surface area contributed by atoms with Crippen LogP contribution in [0.4, 0.5) is 0 Å². The number of nitrogens with zero attached hydrogens (tertiary/aromatic N) is 1. The quantitative estimate of drug-likeness (QED) is 0.777. The molecule has 2 rings (SSSR count). The predicted octanol–water partition coefficient (Wildman–Crippen LogP) is 2.79. The lowest BCUT2D eigenvalue weighted by molar-refractivity contribution is -0.121. The number of likely N-dealkylation sites (tertiary alicyclic amines) is 1. The van der Waals surface area contributed by atoms with Crippen LogP contribution in [0.25, 0.3) is 0 Å². The first-order valence-corrected chi connectivity index (χ1v) is 6.79. The Balaban J connectivity index is 2.13. The lowest BCUT2D eigenvalue weighted by Gasteiger charge is -2.26. The van der Waals surface area contributed by atoms with Gasteiger partial charge in [-0.05, 0) is 29.5 Å². The van der Waals surface area contributed by atoms with Crippen LogP contribution in [0.2, 0.25) is 0 Å². The fraction of sp³-hybridized carbons (Fsp3) is 0.500. The fourth-order valence-electron chi connectivity index (χ4n) is 2.31. The first-order chi connectivity index (χ1) is 8.88. The van der Waals surface area contributed by atoms with Gasteiger partial charge in [0.15, 0.2) is 5.78 Å². The monoisotopic (exact) mass is 259 g/mol. The summed E-state index contributed by atoms with van der Waals surface area (Å²) in [5.74, 6) is 0.124. The number of ketones is 1. The zero-order valence-corrected chi connectivity index (χ0v) is 11.9. The normalized spacial score (nSPS) is 16.6. The molecule has 102 valence electrons. The van der Waals surface area contributed by atoms with E-state index in [2.05, 4.69) is 20.8 Å². The van der Waals surface area contributed by atoms with E-state index in [0.717, 1.165) is 6.42 Å². The highest BCUT2D eigenvalue weighted by molar-refractivity contribution is 5.97. The smallest absolute Gasteiger partial charge is 0.254 e. The molecule has 1 saturated heterocycles. The van der Waals surface area contributed by atoms with E-state index in [9.17, 15) is 9.59 Å². The topological polar surface area (TPSA) is 37.4 Å². The zero-order chi connectivity index (χ0) is 14.0. The van der Waals surface area contributed by atoms with E-state index < -0.39 is 0 Å². The molecule has 1 aromatic carbocycles. The van der Waals surface area contributed by atoms with Crippen molar-refractivity contribution in [1.29, 1.82) is 0 Å². The minimum atomic E-state index is -0.0338. The molecule has 3 heteroatoms. The van der Waals surface area contributed by atoms with Gasteiger partial charge in [0.1, 0.15) is 0 Å². The molecule has 0 radical (unpaired) electrons. The molecule has 0 aliphatic carbocycles. The summed E-state index contributed by atoms with van der Waals surface area (Å²) in [5.41, 5.74) is 1.96. The van der Waals surface area contributed by atoms with Crippen LogP contribution in [-0.4, -0.2) is 29.7 Å². The highest BCUT2D eigenvalue weighted by atomic mass is 16.2. The summed E-state index contributed by atoms with van der Waals surface area (Å²) in [7, 11) is 0. The Morgan fingerprint density at radius 3 is 2.32 bits per heavy atom. The van der Waals surface area contributed by atoms with Crippen molar-refractivity contribution in [2.24, 2.45) is 0 Å². The lowest BCUT2D eigenvalue weighted by atomic mass is 9.86. The van der Waals surface area contributed by atoms with Crippen molar-refractivity contribution in [2.75, 3.05) is 13.1 Å². The molecule has 3 nitrogen and oxygen atoms in total. The molecular weight excluding hydrogens is 238 g/mol. The van der Waals surface area contributed by atoms with E-state index in [1.807, 2.05) is 24.3 Å². The van der Waals surface area contributed by atoms with Crippen molar-refractivity contribution < 1.29 is 9.59 Å². The van der Waals surface area contributed by atoms with Crippen molar-refractivity contribution in [1.82, 2.24) is 4.90 Å². The number of Topliss-reactive ketones (excluding diaryl/α,β-unsaturated/α-hetero) is 1. The molecule has 0 bridgehead atoms. The SMILES string of the molecule is CC(C)(C)c1ccc(C(=O)N2CCCC(=O)C2)cc1. The van der Waals surface area contributed by atoms with E-state index in [4.69, 9.17) is 0 Å². The average molecular weight is 259 g/mol. The van der Waals surface area contributed by atoms with Crippen molar-refractivity contribution in [2.45, 2.75) is 39.0 Å². The first kappa shape index (κ1) is 13.8. The molecule has 0 atom stereocenters. The number of benzene rings is 1. The number of amides is 1. The van der Waals surface area contributed by atoms with Gasteiger partial charge < -0.3 is 4.90 Å². The largest absolute Gasteiger partial charge is 0.331 e. The van der Waals surface area contributed by atoms with Crippen LogP contribution in [0.1, 0.15) is 49.5 Å². The van der Waals surface area contributed by atoms with Gasteiger partial charge in [0.05, 0.1) is 6.54 Å². The molecule has 0 aromatic heterocycles. The molecule has 19 heavy (non-hydrogen) atoms. The maximum atomic E-state index is 12.3. The standard InChI is InChI=1S/C16H21NO2/c1-16(2,3)13-8-6-12(7-9-13)15(19)17-10-4-5-14(18)11-17/h6-9H,4-5,10-11H2,1-3H3. The second-order valence-corrected chi connectivity index (χ2v) is 6.20. The highest BCUT2D eigenvalue weighted by Crippen LogP contribution is 2.22. The molecule has 1 aliphatic heterocycles. The molecule has 0 N–H and O–H groups in total. The molecule has 1 heterocycles. The summed E-state index contributed by atoms with van der Waals surface area (Å²) in [6.07, 6.45) is 1.39. The minimum Gasteiger partial charge on any atom is -0.331 e. The molecule has 1 aliphatic rings. The highest BCUT2D eigenvalue weighted by Gasteiger charge is 2.23. The third kappa shape index (κ3) is 3.22. The average Bonchev–Trinajstić information content (AvgIpc) is 2.37. The van der Waals surface area contributed by atoms with Crippen LogP contribution in [-0.2, 0) is 10.2 Å².